The van der Waals surface area contributed by atoms with Crippen LogP contribution in [0.2, 0.25) is 0 Å². The molecule has 4 rings (SSSR count). The van der Waals surface area contributed by atoms with Gasteiger partial charge in [-0.2, -0.15) is 5.10 Å². The zero-order valence-corrected chi connectivity index (χ0v) is 20.1. The predicted molar refractivity (Wildman–Crippen MR) is 125 cm³/mol. The molecule has 0 spiro atoms. The van der Waals surface area contributed by atoms with Gasteiger partial charge >= 0.3 is 0 Å². The number of rotatable bonds is 6. The van der Waals surface area contributed by atoms with E-state index in [9.17, 15) is 14.4 Å². The minimum absolute atomic E-state index is 0.153. The zero-order valence-electron chi connectivity index (χ0n) is 20.1. The number of carbonyl (C=O) groups excluding carboxylic acids is 3. The van der Waals surface area contributed by atoms with Gasteiger partial charge < -0.3 is 20.4 Å². The summed E-state index contributed by atoms with van der Waals surface area (Å²) in [6, 6.07) is 1.69. The third-order valence-electron chi connectivity index (χ3n) is 7.58. The molecule has 2 aliphatic heterocycles. The van der Waals surface area contributed by atoms with Crippen molar-refractivity contribution in [3.63, 3.8) is 0 Å². The molecule has 3 heterocycles. The van der Waals surface area contributed by atoms with Crippen LogP contribution in [-0.4, -0.2) is 82.1 Å². The Labute approximate surface area is 196 Å². The van der Waals surface area contributed by atoms with Crippen molar-refractivity contribution >= 4 is 17.7 Å². The quantitative estimate of drug-likeness (QED) is 0.633. The molecule has 9 nitrogen and oxygen atoms in total. The second-order valence-corrected chi connectivity index (χ2v) is 10.0. The minimum atomic E-state index is -1.05. The lowest BCUT2D eigenvalue weighted by atomic mass is 9.95. The Morgan fingerprint density at radius 3 is 2.45 bits per heavy atom. The van der Waals surface area contributed by atoms with E-state index in [0.29, 0.717) is 12.2 Å². The van der Waals surface area contributed by atoms with Crippen LogP contribution in [0.25, 0.3) is 0 Å². The average Bonchev–Trinajstić information content (AvgIpc) is 3.06. The number of fused-ring (bicyclic) bond motifs is 1. The lowest BCUT2D eigenvalue weighted by Crippen LogP contribution is -2.63. The van der Waals surface area contributed by atoms with Gasteiger partial charge in [-0.1, -0.05) is 32.1 Å². The van der Waals surface area contributed by atoms with Crippen LogP contribution in [0.4, 0.5) is 0 Å². The molecule has 0 unspecified atom stereocenters. The smallest absolute Gasteiger partial charge is 0.272 e. The molecule has 2 N–H and O–H groups in total. The van der Waals surface area contributed by atoms with Crippen molar-refractivity contribution in [2.24, 2.45) is 0 Å². The van der Waals surface area contributed by atoms with E-state index < -0.39 is 5.54 Å². The number of piperidine rings is 1. The van der Waals surface area contributed by atoms with Gasteiger partial charge in [0.15, 0.2) is 5.69 Å². The van der Waals surface area contributed by atoms with Crippen LogP contribution in [0, 0.1) is 0 Å². The molecule has 0 bridgehead atoms. The van der Waals surface area contributed by atoms with Crippen LogP contribution in [0.3, 0.4) is 0 Å². The van der Waals surface area contributed by atoms with Crippen molar-refractivity contribution in [3.8, 4) is 0 Å². The van der Waals surface area contributed by atoms with Crippen molar-refractivity contribution in [3.05, 3.63) is 17.5 Å². The summed E-state index contributed by atoms with van der Waals surface area (Å²) in [6.07, 6.45) is 10.3. The minimum Gasteiger partial charge on any atom is -0.351 e. The van der Waals surface area contributed by atoms with Gasteiger partial charge in [0, 0.05) is 32.2 Å². The third-order valence-corrected chi connectivity index (χ3v) is 7.58. The van der Waals surface area contributed by atoms with Gasteiger partial charge in [-0.25, -0.2) is 0 Å². The van der Waals surface area contributed by atoms with E-state index in [1.54, 1.807) is 14.0 Å². The van der Waals surface area contributed by atoms with E-state index in [2.05, 4.69) is 20.6 Å². The maximum Gasteiger partial charge on any atom is 0.272 e. The zero-order chi connectivity index (χ0) is 23.4. The summed E-state index contributed by atoms with van der Waals surface area (Å²) in [6.45, 7) is 5.54. The van der Waals surface area contributed by atoms with Crippen LogP contribution in [0.5, 0.6) is 0 Å². The molecule has 1 aromatic heterocycles. The first-order valence-electron chi connectivity index (χ1n) is 12.6. The molecule has 1 aliphatic carbocycles. The topological polar surface area (TPSA) is 99.6 Å². The van der Waals surface area contributed by atoms with Crippen LogP contribution < -0.4 is 10.6 Å². The highest BCUT2D eigenvalue weighted by Crippen LogP contribution is 2.27. The summed E-state index contributed by atoms with van der Waals surface area (Å²) in [5.41, 5.74) is -0.484. The Bertz CT molecular complexity index is 870. The van der Waals surface area contributed by atoms with Crippen molar-refractivity contribution < 1.29 is 14.4 Å². The number of likely N-dealkylation sites (tertiary alicyclic amines) is 1. The summed E-state index contributed by atoms with van der Waals surface area (Å²) >= 11 is 0. The van der Waals surface area contributed by atoms with Crippen molar-refractivity contribution in [1.82, 2.24) is 30.2 Å². The molecule has 182 valence electrons. The highest BCUT2D eigenvalue weighted by atomic mass is 16.2. The number of hydrogen-bond acceptors (Lipinski definition) is 5. The number of carbonyl (C=O) groups is 3. The molecule has 2 fully saturated rings. The number of aromatic nitrogens is 2. The Hall–Kier alpha value is -2.42. The Kier molecular flexibility index (Phi) is 7.36. The summed E-state index contributed by atoms with van der Waals surface area (Å²) in [7, 11) is 1.66. The average molecular weight is 459 g/mol. The molecule has 3 aliphatic rings. The van der Waals surface area contributed by atoms with E-state index in [0.717, 1.165) is 45.3 Å². The van der Waals surface area contributed by atoms with Crippen LogP contribution >= 0.6 is 0 Å². The van der Waals surface area contributed by atoms with Gasteiger partial charge in [0.05, 0.1) is 6.54 Å². The lowest BCUT2D eigenvalue weighted by molar-refractivity contribution is -0.133. The predicted octanol–water partition coefficient (Wildman–Crippen LogP) is 1.78. The van der Waals surface area contributed by atoms with E-state index >= 15 is 0 Å². The SMILES string of the molecule is CN1C(=O)c2cc(C(=O)NCCN3CCCCC3)nn2C[C@]1(C)C(=O)NC1CCCCCC1. The molecule has 1 saturated heterocycles. The van der Waals surface area contributed by atoms with E-state index in [-0.39, 0.29) is 36.0 Å². The summed E-state index contributed by atoms with van der Waals surface area (Å²) in [4.78, 5) is 42.9. The molecule has 1 atom stereocenters. The van der Waals surface area contributed by atoms with Gasteiger partial charge in [0.1, 0.15) is 11.2 Å². The molecule has 9 heteroatoms. The van der Waals surface area contributed by atoms with Gasteiger partial charge in [0.2, 0.25) is 5.91 Å². The van der Waals surface area contributed by atoms with Gasteiger partial charge in [-0.15, -0.1) is 0 Å². The normalized spacial score (nSPS) is 24.8. The number of amides is 3. The molecule has 0 radical (unpaired) electrons. The number of likely N-dealkylation sites (N-methyl/N-ethyl adjacent to an activating group) is 1. The molecular formula is C24H38N6O3. The van der Waals surface area contributed by atoms with Crippen LogP contribution in [0.15, 0.2) is 6.07 Å². The summed E-state index contributed by atoms with van der Waals surface area (Å²) in [5, 5.41) is 10.5. The van der Waals surface area contributed by atoms with Gasteiger partial charge in [-0.05, 0) is 45.7 Å². The van der Waals surface area contributed by atoms with Gasteiger partial charge in [0.25, 0.3) is 11.8 Å². The first kappa shape index (κ1) is 23.7. The van der Waals surface area contributed by atoms with Crippen molar-refractivity contribution in [1.29, 1.82) is 0 Å². The molecule has 0 aromatic carbocycles. The standard InChI is InChI=1S/C24H38N6O3/c1-24(23(33)26-18-10-6-3-4-7-11-18)17-30-20(22(32)28(24)2)16-19(27-30)21(31)25-12-15-29-13-8-5-9-14-29/h16,18H,3-15,17H2,1-2H3,(H,25,31)(H,26,33)/t24-/m1/s1. The Morgan fingerprint density at radius 2 is 1.76 bits per heavy atom. The number of nitrogens with zero attached hydrogens (tertiary/aromatic N) is 4. The number of hydrogen-bond donors (Lipinski definition) is 2. The van der Waals surface area contributed by atoms with Gasteiger partial charge in [-0.3, -0.25) is 19.1 Å². The fourth-order valence-electron chi connectivity index (χ4n) is 5.20. The number of nitrogens with one attached hydrogen (secondary N) is 2. The maximum atomic E-state index is 13.3. The fraction of sp³-hybridized carbons (Fsp3) is 0.750. The molecule has 1 saturated carbocycles. The summed E-state index contributed by atoms with van der Waals surface area (Å²) < 4.78 is 1.52. The van der Waals surface area contributed by atoms with Crippen LogP contribution in [-0.2, 0) is 11.3 Å². The Morgan fingerprint density at radius 1 is 1.09 bits per heavy atom. The van der Waals surface area contributed by atoms with Crippen molar-refractivity contribution in [2.75, 3.05) is 33.2 Å². The monoisotopic (exact) mass is 458 g/mol. The molecule has 1 aromatic rings. The first-order valence-corrected chi connectivity index (χ1v) is 12.6. The first-order chi connectivity index (χ1) is 15.9. The lowest BCUT2D eigenvalue weighted by Gasteiger charge is -2.41. The third kappa shape index (κ3) is 5.23. The van der Waals surface area contributed by atoms with Crippen molar-refractivity contribution in [2.45, 2.75) is 82.8 Å². The second-order valence-electron chi connectivity index (χ2n) is 10.0. The molecule has 33 heavy (non-hydrogen) atoms. The second kappa shape index (κ2) is 10.2. The van der Waals surface area contributed by atoms with E-state index in [1.807, 2.05) is 0 Å². The molecular weight excluding hydrogens is 420 g/mol. The fourth-order valence-corrected chi connectivity index (χ4v) is 5.20. The van der Waals surface area contributed by atoms with E-state index in [1.165, 1.54) is 47.8 Å². The van der Waals surface area contributed by atoms with Crippen LogP contribution in [0.1, 0.15) is 85.7 Å². The highest BCUT2D eigenvalue weighted by Gasteiger charge is 2.46. The summed E-state index contributed by atoms with van der Waals surface area (Å²) in [5.74, 6) is -0.729. The maximum absolute atomic E-state index is 13.3. The molecule has 3 amide bonds. The highest BCUT2D eigenvalue weighted by molar-refractivity contribution is 6.01. The van der Waals surface area contributed by atoms with E-state index in [4.69, 9.17) is 0 Å². The Balaban J connectivity index is 1.40. The largest absolute Gasteiger partial charge is 0.351 e.